The molecule has 0 unspecified atom stereocenters. The highest BCUT2D eigenvalue weighted by molar-refractivity contribution is 5.83. The van der Waals surface area contributed by atoms with E-state index < -0.39 is 0 Å². The van der Waals surface area contributed by atoms with Crippen LogP contribution in [-0.2, 0) is 7.05 Å². The lowest BCUT2D eigenvalue weighted by molar-refractivity contribution is 0.199. The van der Waals surface area contributed by atoms with Crippen LogP contribution in [0.15, 0.2) is 48.7 Å². The monoisotopic (exact) mass is 407 g/mol. The number of methoxy groups -OCH3 is 1. The van der Waals surface area contributed by atoms with Crippen molar-refractivity contribution in [3.63, 3.8) is 0 Å². The molecule has 2 aromatic carbocycles. The van der Waals surface area contributed by atoms with Crippen molar-refractivity contribution in [3.8, 4) is 11.5 Å². The van der Waals surface area contributed by atoms with Crippen LogP contribution in [0.25, 0.3) is 10.9 Å². The number of aromatic nitrogens is 1. The van der Waals surface area contributed by atoms with Crippen LogP contribution < -0.4 is 14.4 Å². The molecule has 0 bridgehead atoms. The van der Waals surface area contributed by atoms with Gasteiger partial charge in [-0.05, 0) is 41.8 Å². The van der Waals surface area contributed by atoms with E-state index in [9.17, 15) is 0 Å². The molecule has 0 atom stereocenters. The van der Waals surface area contributed by atoms with E-state index in [1.165, 1.54) is 22.2 Å². The minimum absolute atomic E-state index is 0.434. The molecule has 0 radical (unpaired) electrons. The first-order valence-corrected chi connectivity index (χ1v) is 10.9. The molecule has 0 N–H and O–H groups in total. The van der Waals surface area contributed by atoms with Gasteiger partial charge in [0.1, 0.15) is 18.1 Å². The number of aryl methyl sites for hydroxylation is 1. The summed E-state index contributed by atoms with van der Waals surface area (Å²) < 4.78 is 14.0. The van der Waals surface area contributed by atoms with Crippen molar-refractivity contribution in [1.29, 1.82) is 0 Å². The van der Waals surface area contributed by atoms with Crippen molar-refractivity contribution in [2.24, 2.45) is 7.05 Å². The Labute approximate surface area is 179 Å². The Bertz CT molecular complexity index is 987. The number of nitrogens with zero attached hydrogens (tertiary/aromatic N) is 3. The van der Waals surface area contributed by atoms with Crippen LogP contribution in [-0.4, -0.2) is 55.9 Å². The molecule has 1 saturated heterocycles. The molecule has 1 aliphatic heterocycles. The topological polar surface area (TPSA) is 29.9 Å². The molecule has 30 heavy (non-hydrogen) atoms. The third-order valence-corrected chi connectivity index (χ3v) is 6.10. The molecule has 2 heterocycles. The van der Waals surface area contributed by atoms with Gasteiger partial charge in [0.05, 0.1) is 12.8 Å². The molecule has 0 saturated carbocycles. The van der Waals surface area contributed by atoms with E-state index in [1.54, 1.807) is 7.11 Å². The second kappa shape index (κ2) is 9.00. The number of piperazine rings is 1. The summed E-state index contributed by atoms with van der Waals surface area (Å²) in [6, 6.07) is 14.9. The smallest absolute Gasteiger partial charge is 0.142 e. The number of rotatable bonds is 7. The van der Waals surface area contributed by atoms with E-state index in [2.05, 4.69) is 71.8 Å². The lowest BCUT2D eigenvalue weighted by Crippen LogP contribution is -2.47. The fourth-order valence-electron chi connectivity index (χ4n) is 4.28. The minimum atomic E-state index is 0.434. The predicted octanol–water partition coefficient (Wildman–Crippen LogP) is 4.51. The van der Waals surface area contributed by atoms with Gasteiger partial charge in [0, 0.05) is 56.9 Å². The van der Waals surface area contributed by atoms with E-state index in [0.29, 0.717) is 12.5 Å². The maximum Gasteiger partial charge on any atom is 0.142 e. The van der Waals surface area contributed by atoms with Crippen LogP contribution in [0, 0.1) is 0 Å². The van der Waals surface area contributed by atoms with Gasteiger partial charge >= 0.3 is 0 Å². The van der Waals surface area contributed by atoms with Gasteiger partial charge < -0.3 is 18.9 Å². The first kappa shape index (κ1) is 20.6. The van der Waals surface area contributed by atoms with Crippen molar-refractivity contribution < 1.29 is 9.47 Å². The molecule has 4 rings (SSSR count). The Morgan fingerprint density at radius 1 is 0.967 bits per heavy atom. The fourth-order valence-corrected chi connectivity index (χ4v) is 4.28. The lowest BCUT2D eigenvalue weighted by Gasteiger charge is -2.36. The van der Waals surface area contributed by atoms with Gasteiger partial charge in [-0.2, -0.15) is 0 Å². The summed E-state index contributed by atoms with van der Waals surface area (Å²) in [6.07, 6.45) is 2.11. The maximum atomic E-state index is 6.28. The highest BCUT2D eigenvalue weighted by Crippen LogP contribution is 2.32. The van der Waals surface area contributed by atoms with E-state index in [0.717, 1.165) is 44.2 Å². The van der Waals surface area contributed by atoms with Gasteiger partial charge in [-0.25, -0.2) is 0 Å². The number of benzene rings is 2. The third-order valence-electron chi connectivity index (χ3n) is 6.10. The number of hydrogen-bond donors (Lipinski definition) is 0. The van der Waals surface area contributed by atoms with Crippen LogP contribution in [0.4, 0.5) is 5.69 Å². The summed E-state index contributed by atoms with van der Waals surface area (Å²) in [5, 5.41) is 1.24. The molecule has 1 aliphatic rings. The number of anilines is 1. The zero-order valence-corrected chi connectivity index (χ0v) is 18.6. The number of fused-ring (bicyclic) bond motifs is 1. The van der Waals surface area contributed by atoms with Gasteiger partial charge in [0.25, 0.3) is 0 Å². The zero-order chi connectivity index (χ0) is 21.1. The summed E-state index contributed by atoms with van der Waals surface area (Å²) in [4.78, 5) is 4.90. The highest BCUT2D eigenvalue weighted by atomic mass is 16.5. The Morgan fingerprint density at radius 3 is 2.47 bits per heavy atom. The number of hydrogen-bond acceptors (Lipinski definition) is 4. The van der Waals surface area contributed by atoms with E-state index in [-0.39, 0.29) is 0 Å². The average Bonchev–Trinajstić information content (AvgIpc) is 3.13. The summed E-state index contributed by atoms with van der Waals surface area (Å²) in [5.41, 5.74) is 3.73. The highest BCUT2D eigenvalue weighted by Gasteiger charge is 2.19. The van der Waals surface area contributed by atoms with Crippen molar-refractivity contribution in [1.82, 2.24) is 9.47 Å². The van der Waals surface area contributed by atoms with Crippen LogP contribution in [0.5, 0.6) is 11.5 Å². The molecule has 0 aliphatic carbocycles. The summed E-state index contributed by atoms with van der Waals surface area (Å²) in [7, 11) is 3.84. The lowest BCUT2D eigenvalue weighted by atomic mass is 10.0. The van der Waals surface area contributed by atoms with Crippen LogP contribution in [0.3, 0.4) is 0 Å². The van der Waals surface area contributed by atoms with Gasteiger partial charge in [0.15, 0.2) is 0 Å². The fraction of sp³-hybridized carbons (Fsp3) is 0.440. The Morgan fingerprint density at radius 2 is 1.73 bits per heavy atom. The second-order valence-corrected chi connectivity index (χ2v) is 8.38. The zero-order valence-electron chi connectivity index (χ0n) is 18.6. The van der Waals surface area contributed by atoms with E-state index in [4.69, 9.17) is 9.47 Å². The molecule has 5 nitrogen and oxygen atoms in total. The Kier molecular flexibility index (Phi) is 6.18. The van der Waals surface area contributed by atoms with Gasteiger partial charge in [-0.1, -0.05) is 26.0 Å². The SMILES string of the molecule is COc1ccccc1N1CCN(CCOc2cc3ccn(C)c3cc2C(C)C)CC1. The maximum absolute atomic E-state index is 6.28. The van der Waals surface area contributed by atoms with Crippen molar-refractivity contribution >= 4 is 16.6 Å². The van der Waals surface area contributed by atoms with E-state index >= 15 is 0 Å². The first-order valence-electron chi connectivity index (χ1n) is 10.9. The van der Waals surface area contributed by atoms with Crippen molar-refractivity contribution in [2.75, 3.05) is 51.3 Å². The molecule has 160 valence electrons. The van der Waals surface area contributed by atoms with Gasteiger partial charge in [0.2, 0.25) is 0 Å². The molecule has 0 amide bonds. The van der Waals surface area contributed by atoms with Crippen LogP contribution in [0.1, 0.15) is 25.3 Å². The van der Waals surface area contributed by atoms with Crippen LogP contribution >= 0.6 is 0 Å². The minimum Gasteiger partial charge on any atom is -0.495 e. The average molecular weight is 408 g/mol. The van der Waals surface area contributed by atoms with E-state index in [1.807, 2.05) is 12.1 Å². The summed E-state index contributed by atoms with van der Waals surface area (Å²) in [5.74, 6) is 2.41. The van der Waals surface area contributed by atoms with Crippen molar-refractivity contribution in [3.05, 3.63) is 54.2 Å². The number of ether oxygens (including phenoxy) is 2. The quantitative estimate of drug-likeness (QED) is 0.576. The standard InChI is InChI=1S/C25H33N3O2/c1-19(2)21-18-23-20(9-10-26(23)3)17-25(21)30-16-15-27-11-13-28(14-12-27)22-7-5-6-8-24(22)29-4/h5-10,17-19H,11-16H2,1-4H3. The normalized spacial score (nSPS) is 15.2. The first-order chi connectivity index (χ1) is 14.6. The molecular formula is C25H33N3O2. The summed E-state index contributed by atoms with van der Waals surface area (Å²) >= 11 is 0. The van der Waals surface area contributed by atoms with Gasteiger partial charge in [-0.15, -0.1) is 0 Å². The molecular weight excluding hydrogens is 374 g/mol. The molecule has 0 spiro atoms. The number of para-hydroxylation sites is 2. The molecule has 3 aromatic rings. The Balaban J connectivity index is 1.34. The van der Waals surface area contributed by atoms with Crippen molar-refractivity contribution in [2.45, 2.75) is 19.8 Å². The Hall–Kier alpha value is -2.66. The summed E-state index contributed by atoms with van der Waals surface area (Å²) in [6.45, 7) is 10.2. The molecule has 1 fully saturated rings. The predicted molar refractivity (Wildman–Crippen MR) is 124 cm³/mol. The van der Waals surface area contributed by atoms with Crippen LogP contribution in [0.2, 0.25) is 0 Å². The third kappa shape index (κ3) is 4.26. The second-order valence-electron chi connectivity index (χ2n) is 8.38. The molecule has 1 aromatic heterocycles. The molecule has 5 heteroatoms. The van der Waals surface area contributed by atoms with Gasteiger partial charge in [-0.3, -0.25) is 4.90 Å². The largest absolute Gasteiger partial charge is 0.495 e.